The molecule has 3 heterocycles. The third-order valence-corrected chi connectivity index (χ3v) is 6.15. The molecule has 0 unspecified atom stereocenters. The number of pyridine rings is 1. The van der Waals surface area contributed by atoms with Crippen molar-refractivity contribution in [2.24, 2.45) is 11.3 Å². The van der Waals surface area contributed by atoms with Gasteiger partial charge in [-0.3, -0.25) is 4.79 Å². The summed E-state index contributed by atoms with van der Waals surface area (Å²) in [6, 6.07) is 1.98. The molecule has 1 amide bonds. The number of hydrogen-bond acceptors (Lipinski definition) is 5. The summed E-state index contributed by atoms with van der Waals surface area (Å²) in [6.07, 6.45) is 6.51. The van der Waals surface area contributed by atoms with Crippen molar-refractivity contribution in [1.82, 2.24) is 20.4 Å². The van der Waals surface area contributed by atoms with Gasteiger partial charge in [0.2, 0.25) is 0 Å². The van der Waals surface area contributed by atoms with Crippen molar-refractivity contribution >= 4 is 17.0 Å². The lowest BCUT2D eigenvalue weighted by Gasteiger charge is -2.28. The van der Waals surface area contributed by atoms with Crippen LogP contribution in [0.3, 0.4) is 0 Å². The average Bonchev–Trinajstić information content (AvgIpc) is 3.44. The van der Waals surface area contributed by atoms with Crippen LogP contribution in [-0.2, 0) is 6.42 Å². The van der Waals surface area contributed by atoms with E-state index in [2.05, 4.69) is 48.2 Å². The average molecular weight is 399 g/mol. The smallest absolute Gasteiger partial charge is 0.259 e. The molecule has 1 aliphatic heterocycles. The molecule has 0 spiro atoms. The zero-order valence-electron chi connectivity index (χ0n) is 18.3. The molecular formula is C23H34N4O2. The fraction of sp³-hybridized carbons (Fsp3) is 0.696. The van der Waals surface area contributed by atoms with Gasteiger partial charge in [0.15, 0.2) is 0 Å². The van der Waals surface area contributed by atoms with E-state index in [1.165, 1.54) is 12.8 Å². The van der Waals surface area contributed by atoms with E-state index in [9.17, 15) is 4.79 Å². The number of nitrogens with zero attached hydrogens (tertiary/aromatic N) is 3. The first-order valence-corrected chi connectivity index (χ1v) is 11.1. The van der Waals surface area contributed by atoms with Crippen molar-refractivity contribution in [3.05, 3.63) is 23.0 Å². The van der Waals surface area contributed by atoms with Gasteiger partial charge in [0.25, 0.3) is 11.6 Å². The Balaban J connectivity index is 1.52. The van der Waals surface area contributed by atoms with Crippen LogP contribution < -0.4 is 5.32 Å². The lowest BCUT2D eigenvalue weighted by molar-refractivity contribution is 0.0950. The molecule has 1 saturated carbocycles. The summed E-state index contributed by atoms with van der Waals surface area (Å²) in [7, 11) is 2.18. The van der Waals surface area contributed by atoms with Gasteiger partial charge in [-0.05, 0) is 76.1 Å². The quantitative estimate of drug-likeness (QED) is 0.791. The van der Waals surface area contributed by atoms with Crippen LogP contribution in [0.25, 0.3) is 11.1 Å². The summed E-state index contributed by atoms with van der Waals surface area (Å²) in [5, 5.41) is 8.24. The van der Waals surface area contributed by atoms with Gasteiger partial charge in [0, 0.05) is 18.2 Å². The van der Waals surface area contributed by atoms with Gasteiger partial charge in [-0.15, -0.1) is 0 Å². The number of rotatable bonds is 6. The van der Waals surface area contributed by atoms with Crippen LogP contribution in [0.2, 0.25) is 0 Å². The summed E-state index contributed by atoms with van der Waals surface area (Å²) in [5.74, 6) is 1.14. The molecule has 0 aromatic carbocycles. The Morgan fingerprint density at radius 1 is 1.24 bits per heavy atom. The van der Waals surface area contributed by atoms with Crippen LogP contribution in [0.15, 0.2) is 10.6 Å². The number of aromatic nitrogens is 2. The molecule has 158 valence electrons. The van der Waals surface area contributed by atoms with E-state index >= 15 is 0 Å². The first-order valence-electron chi connectivity index (χ1n) is 11.1. The van der Waals surface area contributed by atoms with Gasteiger partial charge in [0.1, 0.15) is 0 Å². The fourth-order valence-electron chi connectivity index (χ4n) is 4.26. The molecule has 1 saturated heterocycles. The molecule has 2 aromatic rings. The molecule has 6 heteroatoms. The number of likely N-dealkylation sites (tertiary alicyclic amines) is 1. The van der Waals surface area contributed by atoms with E-state index in [1.54, 1.807) is 0 Å². The topological polar surface area (TPSA) is 71.3 Å². The Morgan fingerprint density at radius 3 is 2.62 bits per heavy atom. The van der Waals surface area contributed by atoms with Crippen molar-refractivity contribution in [1.29, 1.82) is 0 Å². The molecule has 2 fully saturated rings. The second kappa shape index (κ2) is 8.05. The van der Waals surface area contributed by atoms with Crippen LogP contribution in [0.4, 0.5) is 0 Å². The predicted molar refractivity (Wildman–Crippen MR) is 114 cm³/mol. The first-order chi connectivity index (χ1) is 13.8. The number of amides is 1. The molecule has 1 N–H and O–H groups in total. The molecule has 6 nitrogen and oxygen atoms in total. The van der Waals surface area contributed by atoms with Gasteiger partial charge in [0.05, 0.1) is 16.6 Å². The van der Waals surface area contributed by atoms with Crippen molar-refractivity contribution in [2.75, 3.05) is 26.7 Å². The SMILES string of the molecule is CN1CCC(CCNC(=O)c2cc(C3CC3)nc3onc(CC(C)(C)C)c23)CC1. The molecule has 29 heavy (non-hydrogen) atoms. The van der Waals surface area contributed by atoms with Crippen molar-refractivity contribution < 1.29 is 9.32 Å². The Morgan fingerprint density at radius 2 is 1.97 bits per heavy atom. The summed E-state index contributed by atoms with van der Waals surface area (Å²) >= 11 is 0. The van der Waals surface area contributed by atoms with Crippen molar-refractivity contribution in [2.45, 2.75) is 65.2 Å². The standard InChI is InChI=1S/C23H34N4O2/c1-23(2,3)14-19-20-17(13-18(16-5-6-16)25-22(20)29-26-19)21(28)24-10-7-15-8-11-27(4)12-9-15/h13,15-16H,5-12,14H2,1-4H3,(H,24,28). The summed E-state index contributed by atoms with van der Waals surface area (Å²) < 4.78 is 5.57. The molecule has 2 aliphatic rings. The van der Waals surface area contributed by atoms with Crippen LogP contribution in [0.1, 0.15) is 80.5 Å². The molecular weight excluding hydrogens is 364 g/mol. The van der Waals surface area contributed by atoms with Gasteiger partial charge in [-0.1, -0.05) is 25.9 Å². The van der Waals surface area contributed by atoms with E-state index < -0.39 is 0 Å². The lowest BCUT2D eigenvalue weighted by atomic mass is 9.89. The maximum absolute atomic E-state index is 13.1. The summed E-state index contributed by atoms with van der Waals surface area (Å²) in [6.45, 7) is 9.54. The van der Waals surface area contributed by atoms with Gasteiger partial charge >= 0.3 is 0 Å². The van der Waals surface area contributed by atoms with E-state index in [1.807, 2.05) is 6.07 Å². The highest BCUT2D eigenvalue weighted by Crippen LogP contribution is 2.41. The number of hydrogen-bond donors (Lipinski definition) is 1. The second-order valence-electron chi connectivity index (χ2n) is 10.2. The molecule has 4 rings (SSSR count). The van der Waals surface area contributed by atoms with Crippen molar-refractivity contribution in [3.8, 4) is 0 Å². The molecule has 0 radical (unpaired) electrons. The highest BCUT2D eigenvalue weighted by atomic mass is 16.5. The Bertz CT molecular complexity index is 871. The number of nitrogens with one attached hydrogen (secondary N) is 1. The predicted octanol–water partition coefficient (Wildman–Crippen LogP) is 4.15. The molecule has 1 aliphatic carbocycles. The van der Waals surface area contributed by atoms with Gasteiger partial charge < -0.3 is 14.7 Å². The molecule has 0 atom stereocenters. The maximum Gasteiger partial charge on any atom is 0.259 e. The highest BCUT2D eigenvalue weighted by molar-refractivity contribution is 6.06. The van der Waals surface area contributed by atoms with Crippen LogP contribution in [0.5, 0.6) is 0 Å². The third-order valence-electron chi connectivity index (χ3n) is 6.15. The number of carbonyl (C=O) groups excluding carboxylic acids is 1. The Hall–Kier alpha value is -1.95. The normalized spacial score (nSPS) is 19.0. The molecule has 2 aromatic heterocycles. The molecule has 0 bridgehead atoms. The monoisotopic (exact) mass is 398 g/mol. The fourth-order valence-corrected chi connectivity index (χ4v) is 4.26. The number of carbonyl (C=O) groups is 1. The van der Waals surface area contributed by atoms with E-state index in [0.29, 0.717) is 23.1 Å². The van der Waals surface area contributed by atoms with Crippen LogP contribution in [-0.4, -0.2) is 47.6 Å². The van der Waals surface area contributed by atoms with E-state index in [-0.39, 0.29) is 11.3 Å². The second-order valence-corrected chi connectivity index (χ2v) is 10.2. The minimum Gasteiger partial charge on any atom is -0.352 e. The van der Waals surface area contributed by atoms with Crippen molar-refractivity contribution in [3.63, 3.8) is 0 Å². The zero-order valence-corrected chi connectivity index (χ0v) is 18.3. The third kappa shape index (κ3) is 4.97. The highest BCUT2D eigenvalue weighted by Gasteiger charge is 2.30. The Kier molecular flexibility index (Phi) is 5.65. The van der Waals surface area contributed by atoms with Crippen LogP contribution >= 0.6 is 0 Å². The van der Waals surface area contributed by atoms with Crippen LogP contribution in [0, 0.1) is 11.3 Å². The minimum atomic E-state index is -0.0226. The summed E-state index contributed by atoms with van der Waals surface area (Å²) in [5.41, 5.74) is 3.05. The maximum atomic E-state index is 13.1. The number of piperidine rings is 1. The number of fused-ring (bicyclic) bond motifs is 1. The van der Waals surface area contributed by atoms with E-state index in [0.717, 1.165) is 62.1 Å². The lowest BCUT2D eigenvalue weighted by Crippen LogP contribution is -2.32. The van der Waals surface area contributed by atoms with E-state index in [4.69, 9.17) is 4.52 Å². The first kappa shape index (κ1) is 20.3. The Labute approximate surface area is 173 Å². The minimum absolute atomic E-state index is 0.0226. The largest absolute Gasteiger partial charge is 0.352 e. The van der Waals surface area contributed by atoms with Gasteiger partial charge in [-0.25, -0.2) is 4.98 Å². The summed E-state index contributed by atoms with van der Waals surface area (Å²) in [4.78, 5) is 20.2. The zero-order chi connectivity index (χ0) is 20.6. The van der Waals surface area contributed by atoms with Gasteiger partial charge in [-0.2, -0.15) is 0 Å².